The van der Waals surface area contributed by atoms with Crippen LogP contribution in [0.3, 0.4) is 0 Å². The molecule has 2 aliphatic heterocycles. The number of halogens is 1. The number of urea groups is 1. The number of aryl methyl sites for hydroxylation is 1. The summed E-state index contributed by atoms with van der Waals surface area (Å²) in [6.07, 6.45) is 3.59. The molecular weight excluding hydrogens is 394 g/mol. The number of carbonyl (C=O) groups is 1. The Morgan fingerprint density at radius 3 is 2.61 bits per heavy atom. The maximum Gasteiger partial charge on any atom is 0.322 e. The maximum absolute atomic E-state index is 13.0. The first-order valence-corrected chi connectivity index (χ1v) is 10.5. The van der Waals surface area contributed by atoms with E-state index in [4.69, 9.17) is 11.6 Å². The zero-order valence-electron chi connectivity index (χ0n) is 15.9. The number of amides is 2. The van der Waals surface area contributed by atoms with Crippen molar-refractivity contribution in [3.05, 3.63) is 69.7 Å². The van der Waals surface area contributed by atoms with Crippen molar-refractivity contribution >= 4 is 29.4 Å². The molecule has 2 amide bonds. The van der Waals surface area contributed by atoms with Gasteiger partial charge in [0.1, 0.15) is 0 Å². The van der Waals surface area contributed by atoms with Crippen LogP contribution in [-0.4, -0.2) is 49.3 Å². The minimum Gasteiger partial charge on any atom is -0.340 e. The first-order valence-electron chi connectivity index (χ1n) is 9.17. The zero-order chi connectivity index (χ0) is 19.7. The van der Waals surface area contributed by atoms with Crippen LogP contribution in [0.5, 0.6) is 0 Å². The summed E-state index contributed by atoms with van der Waals surface area (Å²) in [5, 5.41) is 2.82. The normalized spacial score (nSPS) is 19.5. The van der Waals surface area contributed by atoms with Gasteiger partial charge in [0.05, 0.1) is 24.1 Å². The van der Waals surface area contributed by atoms with Crippen LogP contribution in [0, 0.1) is 6.92 Å². The van der Waals surface area contributed by atoms with Crippen molar-refractivity contribution in [2.75, 3.05) is 13.1 Å². The number of benzene rings is 1. The van der Waals surface area contributed by atoms with Crippen LogP contribution >= 0.6 is 23.4 Å². The van der Waals surface area contributed by atoms with E-state index >= 15 is 0 Å². The Morgan fingerprint density at radius 1 is 1.11 bits per heavy atom. The van der Waals surface area contributed by atoms with Crippen LogP contribution < -0.4 is 0 Å². The monoisotopic (exact) mass is 415 g/mol. The summed E-state index contributed by atoms with van der Waals surface area (Å²) in [5.74, 6) is 0. The van der Waals surface area contributed by atoms with E-state index in [1.54, 1.807) is 24.2 Å². The highest BCUT2D eigenvalue weighted by molar-refractivity contribution is 8.02. The zero-order valence-corrected chi connectivity index (χ0v) is 17.5. The molecule has 0 bridgehead atoms. The smallest absolute Gasteiger partial charge is 0.322 e. The molecule has 3 heterocycles. The Kier molecular flexibility index (Phi) is 5.46. The number of nitrogens with zero attached hydrogens (tertiary/aromatic N) is 5. The van der Waals surface area contributed by atoms with E-state index in [1.165, 1.54) is 0 Å². The fraction of sp³-hybridized carbons (Fsp3) is 0.350. The Balaban J connectivity index is 1.44. The van der Waals surface area contributed by atoms with Crippen molar-refractivity contribution in [3.8, 4) is 0 Å². The van der Waals surface area contributed by atoms with E-state index in [-0.39, 0.29) is 11.5 Å². The van der Waals surface area contributed by atoms with Crippen molar-refractivity contribution in [1.29, 1.82) is 0 Å². The minimum absolute atomic E-state index is 0.0502. The van der Waals surface area contributed by atoms with E-state index in [0.29, 0.717) is 24.7 Å². The average Bonchev–Trinajstić information content (AvgIpc) is 3.22. The fourth-order valence-corrected chi connectivity index (χ4v) is 4.67. The SMILES string of the molecule is CC1=CSC(N2CCN(Cc3ccc(Cl)cc3)C2=O)N1Cc1cnc(C)cn1. The highest BCUT2D eigenvalue weighted by Gasteiger charge is 2.39. The third kappa shape index (κ3) is 3.95. The van der Waals surface area contributed by atoms with Gasteiger partial charge < -0.3 is 9.80 Å². The van der Waals surface area contributed by atoms with Crippen molar-refractivity contribution in [2.24, 2.45) is 0 Å². The standard InChI is InChI=1S/C20H22ClN5OS/c1-14-9-23-18(10-22-14)12-26-15(2)13-28-20(26)25-8-7-24(19(25)27)11-16-3-5-17(21)6-4-16/h3-6,9-10,13,20H,7-8,11-12H2,1-2H3. The second-order valence-corrected chi connectivity index (χ2v) is 8.39. The number of hydrogen-bond acceptors (Lipinski definition) is 5. The number of carbonyl (C=O) groups excluding carboxylic acids is 1. The van der Waals surface area contributed by atoms with Gasteiger partial charge in [0.25, 0.3) is 0 Å². The van der Waals surface area contributed by atoms with Crippen molar-refractivity contribution < 1.29 is 4.79 Å². The van der Waals surface area contributed by atoms with Crippen LogP contribution in [0.2, 0.25) is 5.02 Å². The molecule has 4 rings (SSSR count). The second kappa shape index (κ2) is 8.01. The van der Waals surface area contributed by atoms with E-state index in [1.807, 2.05) is 41.0 Å². The van der Waals surface area contributed by atoms with Crippen LogP contribution in [0.1, 0.15) is 23.9 Å². The van der Waals surface area contributed by atoms with Gasteiger partial charge in [-0.1, -0.05) is 35.5 Å². The van der Waals surface area contributed by atoms with Crippen LogP contribution in [0.15, 0.2) is 47.8 Å². The Labute approximate surface area is 174 Å². The van der Waals surface area contributed by atoms with Gasteiger partial charge in [0, 0.05) is 36.6 Å². The minimum atomic E-state index is -0.0502. The first-order chi connectivity index (χ1) is 13.5. The molecule has 1 fully saturated rings. The van der Waals surface area contributed by atoms with E-state index in [9.17, 15) is 4.79 Å². The number of allylic oxidation sites excluding steroid dienone is 1. The summed E-state index contributed by atoms with van der Waals surface area (Å²) >= 11 is 7.63. The maximum atomic E-state index is 13.0. The number of aromatic nitrogens is 2. The largest absolute Gasteiger partial charge is 0.340 e. The van der Waals surface area contributed by atoms with Gasteiger partial charge in [-0.05, 0) is 37.0 Å². The first kappa shape index (κ1) is 19.1. The quantitative estimate of drug-likeness (QED) is 0.736. The molecule has 1 aromatic carbocycles. The van der Waals surface area contributed by atoms with Crippen molar-refractivity contribution in [1.82, 2.24) is 24.7 Å². The number of hydrogen-bond donors (Lipinski definition) is 0. The molecule has 146 valence electrons. The third-order valence-electron chi connectivity index (χ3n) is 4.93. The molecule has 8 heteroatoms. The lowest BCUT2D eigenvalue weighted by molar-refractivity contribution is 0.148. The van der Waals surface area contributed by atoms with Crippen LogP contribution in [0.25, 0.3) is 0 Å². The summed E-state index contributed by atoms with van der Waals surface area (Å²) in [4.78, 5) is 27.9. The lowest BCUT2D eigenvalue weighted by atomic mass is 10.2. The number of rotatable bonds is 5. The Morgan fingerprint density at radius 2 is 1.89 bits per heavy atom. The molecule has 2 aliphatic rings. The molecule has 6 nitrogen and oxygen atoms in total. The van der Waals surface area contributed by atoms with Gasteiger partial charge >= 0.3 is 6.03 Å². The van der Waals surface area contributed by atoms with Crippen molar-refractivity contribution in [3.63, 3.8) is 0 Å². The lowest BCUT2D eigenvalue weighted by Gasteiger charge is -2.33. The second-order valence-electron chi connectivity index (χ2n) is 7.02. The van der Waals surface area contributed by atoms with Gasteiger partial charge in [-0.25, -0.2) is 4.79 Å². The van der Waals surface area contributed by atoms with E-state index in [2.05, 4.69) is 27.2 Å². The summed E-state index contributed by atoms with van der Waals surface area (Å²) in [6.45, 7) is 6.65. The third-order valence-corrected chi connectivity index (χ3v) is 6.41. The van der Waals surface area contributed by atoms with E-state index < -0.39 is 0 Å². The Hall–Kier alpha value is -2.25. The predicted octanol–water partition coefficient (Wildman–Crippen LogP) is 4.07. The topological polar surface area (TPSA) is 52.6 Å². The van der Waals surface area contributed by atoms with Gasteiger partial charge in [-0.15, -0.1) is 0 Å². The molecular formula is C20H22ClN5OS. The average molecular weight is 416 g/mol. The summed E-state index contributed by atoms with van der Waals surface area (Å²) in [7, 11) is 0. The van der Waals surface area contributed by atoms with Crippen LogP contribution in [-0.2, 0) is 13.1 Å². The van der Waals surface area contributed by atoms with Gasteiger partial charge in [-0.2, -0.15) is 0 Å². The molecule has 0 radical (unpaired) electrons. The van der Waals surface area contributed by atoms with E-state index in [0.717, 1.165) is 29.2 Å². The molecule has 0 N–H and O–H groups in total. The lowest BCUT2D eigenvalue weighted by Crippen LogP contribution is -2.45. The predicted molar refractivity (Wildman–Crippen MR) is 111 cm³/mol. The van der Waals surface area contributed by atoms with Crippen LogP contribution in [0.4, 0.5) is 4.79 Å². The molecule has 1 saturated heterocycles. The summed E-state index contributed by atoms with van der Waals surface area (Å²) < 4.78 is 0. The molecule has 1 unspecified atom stereocenters. The van der Waals surface area contributed by atoms with Gasteiger partial charge in [-0.3, -0.25) is 14.9 Å². The summed E-state index contributed by atoms with van der Waals surface area (Å²) in [5.41, 5.74) is 3.97. The highest BCUT2D eigenvalue weighted by Crippen LogP contribution is 2.36. The summed E-state index contributed by atoms with van der Waals surface area (Å²) in [6, 6.07) is 7.72. The Bertz CT molecular complexity index is 886. The molecule has 2 aromatic rings. The molecule has 0 spiro atoms. The van der Waals surface area contributed by atoms with Gasteiger partial charge in [0.2, 0.25) is 0 Å². The molecule has 0 aliphatic carbocycles. The van der Waals surface area contributed by atoms with Crippen molar-refractivity contribution in [2.45, 2.75) is 32.4 Å². The van der Waals surface area contributed by atoms with Gasteiger partial charge in [0.15, 0.2) is 5.50 Å². The molecule has 1 atom stereocenters. The molecule has 28 heavy (non-hydrogen) atoms. The molecule has 0 saturated carbocycles. The fourth-order valence-electron chi connectivity index (χ4n) is 3.36. The molecule has 1 aromatic heterocycles. The highest BCUT2D eigenvalue weighted by atomic mass is 35.5. The number of thioether (sulfide) groups is 1.